The van der Waals surface area contributed by atoms with Gasteiger partial charge in [-0.2, -0.15) is 0 Å². The molecule has 0 aliphatic heterocycles. The van der Waals surface area contributed by atoms with Gasteiger partial charge < -0.3 is 10.6 Å². The Hall–Kier alpha value is -1.61. The molecule has 1 aliphatic rings. The molecule has 4 nitrogen and oxygen atoms in total. The Morgan fingerprint density at radius 3 is 2.34 bits per heavy atom. The van der Waals surface area contributed by atoms with E-state index in [0.29, 0.717) is 21.3 Å². The third-order valence-electron chi connectivity index (χ3n) is 4.41. The predicted molar refractivity (Wildman–Crippen MR) is 118 cm³/mol. The Morgan fingerprint density at radius 2 is 1.72 bits per heavy atom. The van der Waals surface area contributed by atoms with Gasteiger partial charge in [0.2, 0.25) is 5.91 Å². The molecule has 2 amide bonds. The van der Waals surface area contributed by atoms with Gasteiger partial charge in [-0.25, -0.2) is 0 Å². The highest BCUT2D eigenvalue weighted by Gasteiger charge is 2.67. The molecule has 3 rings (SSSR count). The number of anilines is 1. The molecule has 29 heavy (non-hydrogen) atoms. The minimum atomic E-state index is -1.31. The molecule has 0 spiro atoms. The Balaban J connectivity index is 1.78. The van der Waals surface area contributed by atoms with Crippen molar-refractivity contribution in [2.75, 3.05) is 11.9 Å². The van der Waals surface area contributed by atoms with E-state index < -0.39 is 28.0 Å². The summed E-state index contributed by atoms with van der Waals surface area (Å²) in [6.45, 7) is 0.0543. The first-order valence-electron chi connectivity index (χ1n) is 8.31. The van der Waals surface area contributed by atoms with Crippen molar-refractivity contribution in [1.29, 1.82) is 0 Å². The fourth-order valence-corrected chi connectivity index (χ4v) is 4.62. The Kier molecular flexibility index (Phi) is 6.57. The van der Waals surface area contributed by atoms with Crippen LogP contribution in [0.25, 0.3) is 0 Å². The van der Waals surface area contributed by atoms with Gasteiger partial charge in [-0.15, -0.1) is 29.6 Å². The molecular weight excluding hydrogens is 477 g/mol. The number of benzene rings is 2. The van der Waals surface area contributed by atoms with Gasteiger partial charge in [0.1, 0.15) is 4.33 Å². The van der Waals surface area contributed by atoms with Crippen molar-refractivity contribution in [2.24, 2.45) is 5.92 Å². The third kappa shape index (κ3) is 4.77. The standard InChI is InChI=1S/C20H13Cl5N2O2/c1-2-5-26-18(28)14-9-13(3-4-15(14)23)27-19(29)17-16(20(17,24)25)10-6-11(21)8-12(22)7-10/h1,3-4,6-9,16-17H,5H2,(H,26,28)(H,27,29). The van der Waals surface area contributed by atoms with Crippen LogP contribution < -0.4 is 10.6 Å². The molecule has 2 aromatic rings. The quantitative estimate of drug-likeness (QED) is 0.427. The van der Waals surface area contributed by atoms with Crippen LogP contribution in [0.2, 0.25) is 15.1 Å². The van der Waals surface area contributed by atoms with E-state index in [9.17, 15) is 9.59 Å². The molecule has 1 aliphatic carbocycles. The molecule has 9 heteroatoms. The molecule has 0 radical (unpaired) electrons. The van der Waals surface area contributed by atoms with Crippen molar-refractivity contribution in [3.05, 3.63) is 62.6 Å². The zero-order valence-electron chi connectivity index (χ0n) is 14.6. The summed E-state index contributed by atoms with van der Waals surface area (Å²) < 4.78 is -1.31. The number of alkyl halides is 2. The van der Waals surface area contributed by atoms with Crippen LogP contribution in [0, 0.1) is 18.3 Å². The first-order chi connectivity index (χ1) is 13.6. The third-order valence-corrected chi connectivity index (χ3v) is 6.12. The summed E-state index contributed by atoms with van der Waals surface area (Å²) in [5.74, 6) is 0.235. The Labute approximate surface area is 192 Å². The van der Waals surface area contributed by atoms with Crippen LogP contribution in [0.15, 0.2) is 36.4 Å². The molecule has 0 aromatic heterocycles. The number of terminal acetylenes is 1. The molecule has 1 saturated carbocycles. The van der Waals surface area contributed by atoms with E-state index in [1.807, 2.05) is 0 Å². The van der Waals surface area contributed by atoms with Crippen LogP contribution in [0.4, 0.5) is 5.69 Å². The molecule has 0 bridgehead atoms. The molecule has 2 aromatic carbocycles. The van der Waals surface area contributed by atoms with E-state index >= 15 is 0 Å². The van der Waals surface area contributed by atoms with E-state index in [2.05, 4.69) is 16.6 Å². The van der Waals surface area contributed by atoms with Gasteiger partial charge in [0.05, 0.1) is 23.0 Å². The zero-order chi connectivity index (χ0) is 21.3. The van der Waals surface area contributed by atoms with Crippen molar-refractivity contribution in [3.8, 4) is 12.3 Å². The number of carbonyl (C=O) groups is 2. The second-order valence-electron chi connectivity index (χ2n) is 6.40. The van der Waals surface area contributed by atoms with Crippen molar-refractivity contribution in [1.82, 2.24) is 5.32 Å². The lowest BCUT2D eigenvalue weighted by molar-refractivity contribution is -0.117. The second-order valence-corrected chi connectivity index (χ2v) is 9.13. The highest BCUT2D eigenvalue weighted by atomic mass is 35.5. The van der Waals surface area contributed by atoms with Gasteiger partial charge in [-0.3, -0.25) is 9.59 Å². The molecular formula is C20H13Cl5N2O2. The monoisotopic (exact) mass is 488 g/mol. The van der Waals surface area contributed by atoms with Crippen LogP contribution >= 0.6 is 58.0 Å². The fraction of sp³-hybridized carbons (Fsp3) is 0.200. The number of hydrogen-bond donors (Lipinski definition) is 2. The van der Waals surface area contributed by atoms with Crippen LogP contribution in [0.1, 0.15) is 21.8 Å². The predicted octanol–water partition coefficient (Wildman–Crippen LogP) is 5.54. The SMILES string of the molecule is C#CCNC(=O)c1cc(NC(=O)C2C(c3cc(Cl)cc(Cl)c3)C2(Cl)Cl)ccc1Cl. The molecule has 0 saturated heterocycles. The summed E-state index contributed by atoms with van der Waals surface area (Å²) in [4.78, 5) is 24.9. The number of hydrogen-bond acceptors (Lipinski definition) is 2. The number of rotatable bonds is 5. The number of amides is 2. The summed E-state index contributed by atoms with van der Waals surface area (Å²) in [6.07, 6.45) is 5.14. The minimum Gasteiger partial charge on any atom is -0.341 e. The number of halogens is 5. The maximum Gasteiger partial charge on any atom is 0.253 e. The van der Waals surface area contributed by atoms with Crippen molar-refractivity contribution in [3.63, 3.8) is 0 Å². The van der Waals surface area contributed by atoms with Crippen LogP contribution in [0.5, 0.6) is 0 Å². The van der Waals surface area contributed by atoms with Gasteiger partial charge in [0, 0.05) is 21.7 Å². The van der Waals surface area contributed by atoms with Gasteiger partial charge in [-0.1, -0.05) is 40.7 Å². The maximum atomic E-state index is 12.8. The lowest BCUT2D eigenvalue weighted by atomic mass is 10.1. The first-order valence-corrected chi connectivity index (χ1v) is 10.2. The number of carbonyl (C=O) groups excluding carboxylic acids is 2. The topological polar surface area (TPSA) is 58.2 Å². The van der Waals surface area contributed by atoms with E-state index in [1.165, 1.54) is 12.1 Å². The fourth-order valence-electron chi connectivity index (χ4n) is 3.05. The van der Waals surface area contributed by atoms with Crippen molar-refractivity contribution >= 4 is 75.5 Å². The molecule has 2 N–H and O–H groups in total. The van der Waals surface area contributed by atoms with E-state index in [4.69, 9.17) is 64.4 Å². The zero-order valence-corrected chi connectivity index (χ0v) is 18.4. The lowest BCUT2D eigenvalue weighted by Crippen LogP contribution is -2.24. The Bertz CT molecular complexity index is 1010. The molecule has 0 heterocycles. The van der Waals surface area contributed by atoms with Gasteiger partial charge >= 0.3 is 0 Å². The average molecular weight is 491 g/mol. The van der Waals surface area contributed by atoms with Crippen molar-refractivity contribution < 1.29 is 9.59 Å². The first kappa shape index (κ1) is 22.1. The van der Waals surface area contributed by atoms with Crippen LogP contribution in [0.3, 0.4) is 0 Å². The highest BCUT2D eigenvalue weighted by Crippen LogP contribution is 2.65. The second kappa shape index (κ2) is 8.63. The van der Waals surface area contributed by atoms with Crippen LogP contribution in [-0.2, 0) is 4.79 Å². The molecule has 1 fully saturated rings. The maximum absolute atomic E-state index is 12.8. The Morgan fingerprint density at radius 1 is 1.07 bits per heavy atom. The summed E-state index contributed by atoms with van der Waals surface area (Å²) in [6, 6.07) is 9.43. The van der Waals surface area contributed by atoms with Crippen molar-refractivity contribution in [2.45, 2.75) is 10.3 Å². The summed E-state index contributed by atoms with van der Waals surface area (Å²) in [5.41, 5.74) is 1.21. The molecule has 2 atom stereocenters. The normalized spacial score (nSPS) is 19.2. The summed E-state index contributed by atoms with van der Waals surface area (Å²) in [5, 5.41) is 6.29. The summed E-state index contributed by atoms with van der Waals surface area (Å²) >= 11 is 30.8. The van der Waals surface area contributed by atoms with E-state index in [-0.39, 0.29) is 17.1 Å². The average Bonchev–Trinajstić information content (AvgIpc) is 3.22. The summed E-state index contributed by atoms with van der Waals surface area (Å²) in [7, 11) is 0. The van der Waals surface area contributed by atoms with E-state index in [0.717, 1.165) is 0 Å². The van der Waals surface area contributed by atoms with Gasteiger partial charge in [0.15, 0.2) is 0 Å². The number of nitrogens with one attached hydrogen (secondary N) is 2. The van der Waals surface area contributed by atoms with E-state index in [1.54, 1.807) is 24.3 Å². The minimum absolute atomic E-state index is 0.0543. The molecule has 2 unspecified atom stereocenters. The smallest absolute Gasteiger partial charge is 0.253 e. The highest BCUT2D eigenvalue weighted by molar-refractivity contribution is 6.53. The van der Waals surface area contributed by atoms with Crippen LogP contribution in [-0.4, -0.2) is 22.7 Å². The largest absolute Gasteiger partial charge is 0.341 e. The van der Waals surface area contributed by atoms with Gasteiger partial charge in [0.25, 0.3) is 5.91 Å². The molecule has 150 valence electrons. The van der Waals surface area contributed by atoms with Gasteiger partial charge in [-0.05, 0) is 42.0 Å². The lowest BCUT2D eigenvalue weighted by Gasteiger charge is -2.09.